The van der Waals surface area contributed by atoms with Crippen molar-refractivity contribution in [3.63, 3.8) is 0 Å². The smallest absolute Gasteiger partial charge is 0.337 e. The minimum atomic E-state index is -1.18. The van der Waals surface area contributed by atoms with Gasteiger partial charge < -0.3 is 15.5 Å². The molecular weight excluding hydrogens is 225 g/mol. The molecule has 0 heterocycles. The summed E-state index contributed by atoms with van der Waals surface area (Å²) in [6.45, 7) is -0.125. The molecule has 0 radical (unpaired) electrons. The number of aromatic carboxylic acids is 1. The Kier molecular flexibility index (Phi) is 3.02. The Morgan fingerprint density at radius 3 is 2.65 bits per heavy atom. The molecular formula is C12H14FNO3. The molecule has 1 aliphatic rings. The van der Waals surface area contributed by atoms with Gasteiger partial charge >= 0.3 is 5.97 Å². The van der Waals surface area contributed by atoms with Gasteiger partial charge in [0.05, 0.1) is 23.4 Å². The molecule has 2 rings (SSSR count). The second-order valence-electron chi connectivity index (χ2n) is 4.38. The zero-order chi connectivity index (χ0) is 12.5. The maximum Gasteiger partial charge on any atom is 0.337 e. The van der Waals surface area contributed by atoms with Gasteiger partial charge in [0, 0.05) is 0 Å². The first-order chi connectivity index (χ1) is 8.08. The number of hydrogen-bond donors (Lipinski definition) is 3. The van der Waals surface area contributed by atoms with Gasteiger partial charge in [0.15, 0.2) is 0 Å². The lowest BCUT2D eigenvalue weighted by molar-refractivity contribution is 0.0696. The lowest BCUT2D eigenvalue weighted by Gasteiger charge is -2.42. The van der Waals surface area contributed by atoms with Crippen molar-refractivity contribution in [3.8, 4) is 0 Å². The maximum absolute atomic E-state index is 13.6. The van der Waals surface area contributed by atoms with Crippen molar-refractivity contribution in [1.29, 1.82) is 0 Å². The highest BCUT2D eigenvalue weighted by molar-refractivity contribution is 5.94. The summed E-state index contributed by atoms with van der Waals surface area (Å²) in [6.07, 6.45) is 2.39. The van der Waals surface area contributed by atoms with E-state index in [9.17, 15) is 14.3 Å². The fraction of sp³-hybridized carbons (Fsp3) is 0.417. The van der Waals surface area contributed by atoms with E-state index < -0.39 is 17.3 Å². The molecule has 1 saturated carbocycles. The highest BCUT2D eigenvalue weighted by Crippen LogP contribution is 2.36. The molecule has 0 saturated heterocycles. The normalized spacial score (nSPS) is 17.3. The number of aliphatic hydroxyl groups excluding tert-OH is 1. The summed E-state index contributed by atoms with van der Waals surface area (Å²) in [5.74, 6) is -1.79. The summed E-state index contributed by atoms with van der Waals surface area (Å²) >= 11 is 0. The van der Waals surface area contributed by atoms with Gasteiger partial charge in [-0.2, -0.15) is 0 Å². The van der Waals surface area contributed by atoms with Crippen molar-refractivity contribution in [2.45, 2.75) is 24.8 Å². The van der Waals surface area contributed by atoms with Crippen LogP contribution in [0.25, 0.3) is 0 Å². The zero-order valence-electron chi connectivity index (χ0n) is 9.24. The number of aliphatic hydroxyl groups is 1. The van der Waals surface area contributed by atoms with Crippen LogP contribution in [0.3, 0.4) is 0 Å². The molecule has 1 fully saturated rings. The molecule has 0 spiro atoms. The molecule has 0 aliphatic heterocycles. The van der Waals surface area contributed by atoms with Crippen LogP contribution < -0.4 is 5.32 Å². The SMILES string of the molecule is O=C(O)c1cccc(F)c1NC1(CO)CCC1. The van der Waals surface area contributed by atoms with Crippen molar-refractivity contribution in [3.05, 3.63) is 29.6 Å². The number of carboxylic acid groups (broad SMARTS) is 1. The van der Waals surface area contributed by atoms with Gasteiger partial charge in [-0.1, -0.05) is 6.07 Å². The molecule has 4 nitrogen and oxygen atoms in total. The summed E-state index contributed by atoms with van der Waals surface area (Å²) in [4.78, 5) is 11.0. The lowest BCUT2D eigenvalue weighted by atomic mass is 9.77. The Morgan fingerprint density at radius 1 is 1.47 bits per heavy atom. The third kappa shape index (κ3) is 2.10. The van der Waals surface area contributed by atoms with Crippen molar-refractivity contribution in [2.75, 3.05) is 11.9 Å². The Bertz CT molecular complexity index is 438. The summed E-state index contributed by atoms with van der Waals surface area (Å²) < 4.78 is 13.6. The number of hydrogen-bond acceptors (Lipinski definition) is 3. The fourth-order valence-corrected chi connectivity index (χ4v) is 2.02. The average Bonchev–Trinajstić information content (AvgIpc) is 2.25. The standard InChI is InChI=1S/C12H14FNO3/c13-9-4-1-3-8(11(16)17)10(9)14-12(7-15)5-2-6-12/h1,3-4,14-15H,2,5-7H2,(H,16,17). The quantitative estimate of drug-likeness (QED) is 0.750. The number of para-hydroxylation sites is 1. The van der Waals surface area contributed by atoms with Gasteiger partial charge in [-0.05, 0) is 31.4 Å². The Labute approximate surface area is 98.1 Å². The van der Waals surface area contributed by atoms with Gasteiger partial charge in [0.2, 0.25) is 0 Å². The summed E-state index contributed by atoms with van der Waals surface area (Å²) in [5.41, 5.74) is -0.703. The highest BCUT2D eigenvalue weighted by atomic mass is 19.1. The van der Waals surface area contributed by atoms with Crippen LogP contribution in [-0.2, 0) is 0 Å². The largest absolute Gasteiger partial charge is 0.478 e. The summed E-state index contributed by atoms with van der Waals surface area (Å²) in [6, 6.07) is 3.91. The maximum atomic E-state index is 13.6. The molecule has 0 aromatic heterocycles. The predicted molar refractivity (Wildman–Crippen MR) is 60.6 cm³/mol. The molecule has 0 amide bonds. The van der Waals surface area contributed by atoms with Crippen LogP contribution in [0.1, 0.15) is 29.6 Å². The summed E-state index contributed by atoms with van der Waals surface area (Å²) in [5, 5.41) is 21.1. The van der Waals surface area contributed by atoms with E-state index in [1.807, 2.05) is 0 Å². The number of carboxylic acids is 1. The Hall–Kier alpha value is -1.62. The second kappa shape index (κ2) is 4.33. The molecule has 0 atom stereocenters. The van der Waals surface area contributed by atoms with E-state index in [1.165, 1.54) is 18.2 Å². The van der Waals surface area contributed by atoms with Crippen molar-refractivity contribution in [1.82, 2.24) is 0 Å². The molecule has 0 unspecified atom stereocenters. The van der Waals surface area contributed by atoms with E-state index in [2.05, 4.69) is 5.32 Å². The van der Waals surface area contributed by atoms with Crippen molar-refractivity contribution < 1.29 is 19.4 Å². The van der Waals surface area contributed by atoms with Gasteiger partial charge in [-0.3, -0.25) is 0 Å². The number of nitrogens with one attached hydrogen (secondary N) is 1. The molecule has 17 heavy (non-hydrogen) atoms. The molecule has 92 valence electrons. The number of carbonyl (C=O) groups is 1. The van der Waals surface area contributed by atoms with Crippen LogP contribution in [0.2, 0.25) is 0 Å². The van der Waals surface area contributed by atoms with Crippen LogP contribution in [0, 0.1) is 5.82 Å². The first-order valence-corrected chi connectivity index (χ1v) is 5.49. The minimum Gasteiger partial charge on any atom is -0.478 e. The van der Waals surface area contributed by atoms with Gasteiger partial charge in [-0.25, -0.2) is 9.18 Å². The van der Waals surface area contributed by atoms with Crippen LogP contribution in [0.4, 0.5) is 10.1 Å². The molecule has 1 aliphatic carbocycles. The Balaban J connectivity index is 2.34. The third-order valence-electron chi connectivity index (χ3n) is 3.25. The fourth-order valence-electron chi connectivity index (χ4n) is 2.02. The summed E-state index contributed by atoms with van der Waals surface area (Å²) in [7, 11) is 0. The van der Waals surface area contributed by atoms with Crippen molar-refractivity contribution in [2.24, 2.45) is 0 Å². The predicted octanol–water partition coefficient (Wildman–Crippen LogP) is 1.85. The number of benzene rings is 1. The van der Waals surface area contributed by atoms with E-state index in [4.69, 9.17) is 5.11 Å². The van der Waals surface area contributed by atoms with E-state index in [0.717, 1.165) is 19.3 Å². The second-order valence-corrected chi connectivity index (χ2v) is 4.38. The highest BCUT2D eigenvalue weighted by Gasteiger charge is 2.37. The van der Waals surface area contributed by atoms with E-state index >= 15 is 0 Å². The van der Waals surface area contributed by atoms with E-state index in [0.29, 0.717) is 0 Å². The van der Waals surface area contributed by atoms with E-state index in [-0.39, 0.29) is 17.9 Å². The average molecular weight is 239 g/mol. The first-order valence-electron chi connectivity index (χ1n) is 5.49. The first kappa shape index (κ1) is 11.9. The number of rotatable bonds is 4. The third-order valence-corrected chi connectivity index (χ3v) is 3.25. The van der Waals surface area contributed by atoms with Crippen LogP contribution >= 0.6 is 0 Å². The molecule has 1 aromatic carbocycles. The van der Waals surface area contributed by atoms with Gasteiger partial charge in [0.1, 0.15) is 5.82 Å². The molecule has 0 bridgehead atoms. The van der Waals surface area contributed by atoms with Gasteiger partial charge in [0.25, 0.3) is 0 Å². The minimum absolute atomic E-state index is 0.0336. The molecule has 5 heteroatoms. The monoisotopic (exact) mass is 239 g/mol. The van der Waals surface area contributed by atoms with E-state index in [1.54, 1.807) is 0 Å². The topological polar surface area (TPSA) is 69.6 Å². The van der Waals surface area contributed by atoms with Crippen molar-refractivity contribution >= 4 is 11.7 Å². The Morgan fingerprint density at radius 2 is 2.18 bits per heavy atom. The number of anilines is 1. The van der Waals surface area contributed by atoms with Crippen LogP contribution in [0.5, 0.6) is 0 Å². The van der Waals surface area contributed by atoms with Crippen LogP contribution in [0.15, 0.2) is 18.2 Å². The molecule has 1 aromatic rings. The number of halogens is 1. The molecule has 3 N–H and O–H groups in total. The lowest BCUT2D eigenvalue weighted by Crippen LogP contribution is -2.48. The van der Waals surface area contributed by atoms with Crippen LogP contribution in [-0.4, -0.2) is 28.3 Å². The zero-order valence-corrected chi connectivity index (χ0v) is 9.24. The van der Waals surface area contributed by atoms with Gasteiger partial charge in [-0.15, -0.1) is 0 Å².